The SMILES string of the molecule is C1=NCc2nccn2-c2ccccc21. The van der Waals surface area contributed by atoms with Crippen LogP contribution in [0.15, 0.2) is 41.7 Å². The molecule has 3 nitrogen and oxygen atoms in total. The first kappa shape index (κ1) is 7.50. The van der Waals surface area contributed by atoms with Crippen LogP contribution >= 0.6 is 0 Å². The summed E-state index contributed by atoms with van der Waals surface area (Å²) in [5.41, 5.74) is 2.30. The average molecular weight is 183 g/mol. The minimum atomic E-state index is 0.654. The third kappa shape index (κ3) is 0.988. The summed E-state index contributed by atoms with van der Waals surface area (Å²) in [5, 5.41) is 0. The lowest BCUT2D eigenvalue weighted by atomic mass is 10.2. The predicted molar refractivity (Wildman–Crippen MR) is 54.9 cm³/mol. The summed E-state index contributed by atoms with van der Waals surface area (Å²) >= 11 is 0. The van der Waals surface area contributed by atoms with Crippen molar-refractivity contribution in [2.75, 3.05) is 0 Å². The lowest BCUT2D eigenvalue weighted by Gasteiger charge is -2.06. The van der Waals surface area contributed by atoms with Crippen LogP contribution in [0.4, 0.5) is 0 Å². The van der Waals surface area contributed by atoms with Crippen LogP contribution in [0.5, 0.6) is 0 Å². The first-order chi connectivity index (χ1) is 6.95. The summed E-state index contributed by atoms with van der Waals surface area (Å²) in [6, 6.07) is 8.19. The van der Waals surface area contributed by atoms with Crippen molar-refractivity contribution in [3.05, 3.63) is 48.0 Å². The van der Waals surface area contributed by atoms with E-state index in [2.05, 4.69) is 26.7 Å². The molecule has 0 atom stereocenters. The number of aromatic nitrogens is 2. The van der Waals surface area contributed by atoms with E-state index in [-0.39, 0.29) is 0 Å². The molecule has 0 amide bonds. The van der Waals surface area contributed by atoms with Gasteiger partial charge in [-0.25, -0.2) is 4.98 Å². The van der Waals surface area contributed by atoms with E-state index in [4.69, 9.17) is 0 Å². The number of aliphatic imine (C=N–C) groups is 1. The quantitative estimate of drug-likeness (QED) is 0.612. The highest BCUT2D eigenvalue weighted by atomic mass is 15.1. The summed E-state index contributed by atoms with van der Waals surface area (Å²) < 4.78 is 2.09. The van der Waals surface area contributed by atoms with E-state index in [0.29, 0.717) is 6.54 Å². The minimum absolute atomic E-state index is 0.654. The van der Waals surface area contributed by atoms with Crippen LogP contribution in [-0.2, 0) is 6.54 Å². The van der Waals surface area contributed by atoms with Gasteiger partial charge < -0.3 is 4.57 Å². The molecule has 0 bridgehead atoms. The number of fused-ring (bicyclic) bond motifs is 3. The lowest BCUT2D eigenvalue weighted by molar-refractivity contribution is 0.881. The molecule has 0 fully saturated rings. The molecule has 1 aromatic heterocycles. The molecule has 1 aliphatic rings. The van der Waals surface area contributed by atoms with Crippen molar-refractivity contribution >= 4 is 6.21 Å². The number of imidazole rings is 1. The molecule has 3 rings (SSSR count). The van der Waals surface area contributed by atoms with Crippen molar-refractivity contribution in [3.63, 3.8) is 0 Å². The van der Waals surface area contributed by atoms with Crippen molar-refractivity contribution in [1.29, 1.82) is 0 Å². The zero-order valence-corrected chi connectivity index (χ0v) is 7.59. The Morgan fingerprint density at radius 2 is 2.14 bits per heavy atom. The summed E-state index contributed by atoms with van der Waals surface area (Å²) in [5.74, 6) is 0.992. The van der Waals surface area contributed by atoms with Gasteiger partial charge in [0.05, 0.1) is 12.2 Å². The second-order valence-corrected chi connectivity index (χ2v) is 3.24. The van der Waals surface area contributed by atoms with Gasteiger partial charge in [-0.1, -0.05) is 18.2 Å². The zero-order chi connectivity index (χ0) is 9.38. The van der Waals surface area contributed by atoms with E-state index in [1.165, 1.54) is 0 Å². The molecule has 1 aromatic carbocycles. The molecule has 3 heteroatoms. The molecular weight excluding hydrogens is 174 g/mol. The summed E-state index contributed by atoms with van der Waals surface area (Å²) in [6.07, 6.45) is 5.69. The van der Waals surface area contributed by atoms with Gasteiger partial charge in [0.2, 0.25) is 0 Å². The Morgan fingerprint density at radius 3 is 3.14 bits per heavy atom. The van der Waals surface area contributed by atoms with Crippen molar-refractivity contribution < 1.29 is 0 Å². The summed E-state index contributed by atoms with van der Waals surface area (Å²) in [7, 11) is 0. The van der Waals surface area contributed by atoms with Crippen LogP contribution in [0.2, 0.25) is 0 Å². The van der Waals surface area contributed by atoms with Crippen molar-refractivity contribution in [1.82, 2.24) is 9.55 Å². The predicted octanol–water partition coefficient (Wildman–Crippen LogP) is 1.80. The minimum Gasteiger partial charge on any atom is -0.302 e. The van der Waals surface area contributed by atoms with Crippen molar-refractivity contribution in [3.8, 4) is 5.69 Å². The molecule has 0 saturated heterocycles. The molecule has 0 radical (unpaired) electrons. The number of benzene rings is 1. The maximum atomic E-state index is 4.32. The van der Waals surface area contributed by atoms with Gasteiger partial charge in [0.15, 0.2) is 0 Å². The fourth-order valence-electron chi connectivity index (χ4n) is 1.71. The molecular formula is C11H9N3. The van der Waals surface area contributed by atoms with Crippen LogP contribution < -0.4 is 0 Å². The molecule has 14 heavy (non-hydrogen) atoms. The second-order valence-electron chi connectivity index (χ2n) is 3.24. The van der Waals surface area contributed by atoms with Gasteiger partial charge in [0.25, 0.3) is 0 Å². The van der Waals surface area contributed by atoms with Gasteiger partial charge >= 0.3 is 0 Å². The number of nitrogens with zero attached hydrogens (tertiary/aromatic N) is 3. The van der Waals surface area contributed by atoms with E-state index in [0.717, 1.165) is 17.1 Å². The van der Waals surface area contributed by atoms with Gasteiger partial charge in [-0.15, -0.1) is 0 Å². The highest BCUT2D eigenvalue weighted by molar-refractivity contribution is 5.85. The Kier molecular flexibility index (Phi) is 1.50. The molecule has 1 aliphatic heterocycles. The average Bonchev–Trinajstić information content (AvgIpc) is 2.61. The molecule has 0 aliphatic carbocycles. The Hall–Kier alpha value is -1.90. The third-order valence-corrected chi connectivity index (χ3v) is 2.38. The molecule has 0 N–H and O–H groups in total. The Balaban J connectivity index is 2.34. The van der Waals surface area contributed by atoms with Gasteiger partial charge in [0, 0.05) is 24.2 Å². The second kappa shape index (κ2) is 2.80. The summed E-state index contributed by atoms with van der Waals surface area (Å²) in [6.45, 7) is 0.654. The fourth-order valence-corrected chi connectivity index (χ4v) is 1.71. The van der Waals surface area contributed by atoms with Crippen molar-refractivity contribution in [2.24, 2.45) is 4.99 Å². The van der Waals surface area contributed by atoms with Crippen molar-refractivity contribution in [2.45, 2.75) is 6.54 Å². The smallest absolute Gasteiger partial charge is 0.134 e. The normalized spacial score (nSPS) is 13.1. The highest BCUT2D eigenvalue weighted by Crippen LogP contribution is 2.17. The number of hydrogen-bond donors (Lipinski definition) is 0. The molecule has 0 unspecified atom stereocenters. The Morgan fingerprint density at radius 1 is 1.21 bits per heavy atom. The monoisotopic (exact) mass is 183 g/mol. The highest BCUT2D eigenvalue weighted by Gasteiger charge is 2.09. The van der Waals surface area contributed by atoms with E-state index < -0.39 is 0 Å². The maximum absolute atomic E-state index is 4.32. The molecule has 2 heterocycles. The first-order valence-electron chi connectivity index (χ1n) is 4.56. The number of hydrogen-bond acceptors (Lipinski definition) is 2. The van der Waals surface area contributed by atoms with E-state index in [9.17, 15) is 0 Å². The molecule has 0 spiro atoms. The van der Waals surface area contributed by atoms with Crippen LogP contribution in [0.1, 0.15) is 11.4 Å². The van der Waals surface area contributed by atoms with E-state index in [1.54, 1.807) is 0 Å². The lowest BCUT2D eigenvalue weighted by Crippen LogP contribution is -1.99. The molecule has 0 saturated carbocycles. The van der Waals surface area contributed by atoms with E-state index >= 15 is 0 Å². The number of para-hydroxylation sites is 1. The Labute approximate surface area is 81.7 Å². The van der Waals surface area contributed by atoms with Gasteiger partial charge in [-0.05, 0) is 6.07 Å². The van der Waals surface area contributed by atoms with Crippen LogP contribution in [0.25, 0.3) is 5.69 Å². The van der Waals surface area contributed by atoms with E-state index in [1.807, 2.05) is 30.7 Å². The molecule has 68 valence electrons. The maximum Gasteiger partial charge on any atom is 0.134 e. The number of rotatable bonds is 0. The Bertz CT molecular complexity index is 497. The van der Waals surface area contributed by atoms with Crippen LogP contribution in [0, 0.1) is 0 Å². The van der Waals surface area contributed by atoms with Gasteiger partial charge in [-0.3, -0.25) is 4.99 Å². The van der Waals surface area contributed by atoms with Crippen LogP contribution in [-0.4, -0.2) is 15.8 Å². The summed E-state index contributed by atoms with van der Waals surface area (Å²) in [4.78, 5) is 8.58. The zero-order valence-electron chi connectivity index (χ0n) is 7.59. The third-order valence-electron chi connectivity index (χ3n) is 2.38. The standard InChI is InChI=1S/C11H9N3/c1-2-4-10-9(3-1)7-12-8-11-13-5-6-14(10)11/h1-7H,8H2. The largest absolute Gasteiger partial charge is 0.302 e. The first-order valence-corrected chi connectivity index (χ1v) is 4.56. The van der Waals surface area contributed by atoms with Crippen LogP contribution in [0.3, 0.4) is 0 Å². The topological polar surface area (TPSA) is 30.2 Å². The molecule has 2 aromatic rings. The fraction of sp³-hybridized carbons (Fsp3) is 0.0909. The van der Waals surface area contributed by atoms with Gasteiger partial charge in [0.1, 0.15) is 5.82 Å². The van der Waals surface area contributed by atoms with Gasteiger partial charge in [-0.2, -0.15) is 0 Å².